The molecule has 2 atom stereocenters. The van der Waals surface area contributed by atoms with Crippen LogP contribution in [0.15, 0.2) is 29.6 Å². The third-order valence-corrected chi connectivity index (χ3v) is 11.7. The topological polar surface area (TPSA) is 135 Å². The zero-order chi connectivity index (χ0) is 32.9. The van der Waals surface area contributed by atoms with Crippen molar-refractivity contribution in [3.63, 3.8) is 0 Å². The van der Waals surface area contributed by atoms with E-state index in [2.05, 4.69) is 44.8 Å². The van der Waals surface area contributed by atoms with Crippen LogP contribution in [0.2, 0.25) is 5.02 Å². The molecular weight excluding hydrogens is 628 g/mol. The number of rotatable bonds is 11. The first-order chi connectivity index (χ1) is 21.8. The monoisotopic (exact) mass is 670 g/mol. The molecule has 248 valence electrons. The molecule has 0 radical (unpaired) electrons. The Labute approximate surface area is 275 Å². The van der Waals surface area contributed by atoms with Gasteiger partial charge in [-0.3, -0.25) is 9.48 Å². The number of likely N-dealkylation sites (N-methyl/N-ethyl adjacent to an activating group) is 1. The zero-order valence-corrected chi connectivity index (χ0v) is 28.8. The summed E-state index contributed by atoms with van der Waals surface area (Å²) in [4.78, 5) is 25.5. The minimum absolute atomic E-state index is 0.0666. The molecule has 2 aliphatic carbocycles. The first-order valence-corrected chi connectivity index (χ1v) is 17.8. The Hall–Kier alpha value is -3.42. The van der Waals surface area contributed by atoms with Crippen molar-refractivity contribution >= 4 is 50.5 Å². The van der Waals surface area contributed by atoms with Gasteiger partial charge in [-0.05, 0) is 89.7 Å². The number of hydrogen-bond donors (Lipinski definition) is 2. The van der Waals surface area contributed by atoms with Crippen molar-refractivity contribution < 1.29 is 17.9 Å². The molecule has 6 rings (SSSR count). The number of anilines is 4. The van der Waals surface area contributed by atoms with Gasteiger partial charge < -0.3 is 25.2 Å². The number of sulfone groups is 1. The molecule has 0 bridgehead atoms. The summed E-state index contributed by atoms with van der Waals surface area (Å²) < 4.78 is 34.0. The molecule has 12 nitrogen and oxygen atoms in total. The van der Waals surface area contributed by atoms with Crippen LogP contribution in [0.4, 0.5) is 23.1 Å². The molecule has 1 aromatic carbocycles. The number of halogens is 1. The van der Waals surface area contributed by atoms with Crippen molar-refractivity contribution in [2.45, 2.75) is 68.8 Å². The van der Waals surface area contributed by atoms with Crippen LogP contribution in [-0.4, -0.2) is 89.0 Å². The Morgan fingerprint density at radius 3 is 2.43 bits per heavy atom. The Bertz CT molecular complexity index is 1730. The second kappa shape index (κ2) is 12.6. The Morgan fingerprint density at radius 1 is 1.11 bits per heavy atom. The molecule has 14 heteroatoms. The highest BCUT2D eigenvalue weighted by Gasteiger charge is 2.59. The van der Waals surface area contributed by atoms with Gasteiger partial charge in [-0.15, -0.1) is 0 Å². The van der Waals surface area contributed by atoms with Crippen LogP contribution in [0, 0.1) is 18.8 Å². The van der Waals surface area contributed by atoms with Crippen molar-refractivity contribution in [1.82, 2.24) is 29.5 Å². The number of aromatic nitrogens is 4. The summed E-state index contributed by atoms with van der Waals surface area (Å²) in [6.45, 7) is 7.24. The predicted molar refractivity (Wildman–Crippen MR) is 178 cm³/mol. The average Bonchev–Trinajstić information content (AvgIpc) is 3.26. The SMILES string of the molecule is Cc1cc(Nc2ncc(Cl)c(Nc3cn(C)nc3S(=O)(=O)C(C)C)n2)c(OC2C3CCC32)cc1C1CCN(C(=O)CN(C)C)CC1. The van der Waals surface area contributed by atoms with E-state index in [0.29, 0.717) is 24.3 Å². The molecule has 2 saturated carbocycles. The minimum atomic E-state index is -3.66. The highest BCUT2D eigenvalue weighted by molar-refractivity contribution is 7.92. The molecule has 2 aromatic heterocycles. The van der Waals surface area contributed by atoms with E-state index in [0.717, 1.165) is 42.9 Å². The van der Waals surface area contributed by atoms with E-state index in [1.54, 1.807) is 27.1 Å². The van der Waals surface area contributed by atoms with E-state index in [9.17, 15) is 13.2 Å². The van der Waals surface area contributed by atoms with E-state index in [1.807, 2.05) is 23.9 Å². The van der Waals surface area contributed by atoms with Crippen LogP contribution in [0.1, 0.15) is 56.6 Å². The van der Waals surface area contributed by atoms with Crippen molar-refractivity contribution in [2.24, 2.45) is 18.9 Å². The zero-order valence-electron chi connectivity index (χ0n) is 27.2. The number of piperidine rings is 1. The molecule has 3 heterocycles. The van der Waals surface area contributed by atoms with Gasteiger partial charge in [0.05, 0.1) is 29.4 Å². The molecule has 3 fully saturated rings. The van der Waals surface area contributed by atoms with Crippen LogP contribution in [0.25, 0.3) is 0 Å². The second-order valence-corrected chi connectivity index (χ2v) is 16.2. The highest BCUT2D eigenvalue weighted by Crippen LogP contribution is 2.58. The lowest BCUT2D eigenvalue weighted by molar-refractivity contribution is -0.132. The number of benzene rings is 1. The van der Waals surface area contributed by atoms with Crippen molar-refractivity contribution in [3.05, 3.63) is 40.7 Å². The number of nitrogens with one attached hydrogen (secondary N) is 2. The summed E-state index contributed by atoms with van der Waals surface area (Å²) in [5, 5.41) is 10.1. The molecule has 3 aliphatic rings. The molecule has 2 unspecified atom stereocenters. The number of fused-ring (bicyclic) bond motifs is 1. The third-order valence-electron chi connectivity index (χ3n) is 9.39. The van der Waals surface area contributed by atoms with Gasteiger partial charge in [0.25, 0.3) is 0 Å². The summed E-state index contributed by atoms with van der Waals surface area (Å²) in [5.74, 6) is 3.05. The fourth-order valence-electron chi connectivity index (χ4n) is 6.51. The van der Waals surface area contributed by atoms with Gasteiger partial charge in [0, 0.05) is 38.2 Å². The quantitative estimate of drug-likeness (QED) is 0.290. The van der Waals surface area contributed by atoms with Crippen LogP contribution in [0.5, 0.6) is 5.75 Å². The number of nitrogens with zero attached hydrogens (tertiary/aromatic N) is 6. The molecule has 46 heavy (non-hydrogen) atoms. The number of hydrogen-bond acceptors (Lipinski definition) is 10. The number of ether oxygens (including phenoxy) is 1. The molecule has 3 aromatic rings. The van der Waals surface area contributed by atoms with Gasteiger partial charge >= 0.3 is 0 Å². The summed E-state index contributed by atoms with van der Waals surface area (Å²) in [5.41, 5.74) is 3.40. The van der Waals surface area contributed by atoms with Gasteiger partial charge in [0.1, 0.15) is 16.9 Å². The number of likely N-dealkylation sites (tertiary alicyclic amines) is 1. The van der Waals surface area contributed by atoms with E-state index >= 15 is 0 Å². The fourth-order valence-corrected chi connectivity index (χ4v) is 7.75. The van der Waals surface area contributed by atoms with Crippen molar-refractivity contribution in [2.75, 3.05) is 44.4 Å². The third kappa shape index (κ3) is 6.54. The second-order valence-electron chi connectivity index (χ2n) is 13.3. The normalized spacial score (nSPS) is 21.2. The smallest absolute Gasteiger partial charge is 0.236 e. The summed E-state index contributed by atoms with van der Waals surface area (Å²) in [7, 11) is 1.84. The largest absolute Gasteiger partial charge is 0.488 e. The predicted octanol–water partition coefficient (Wildman–Crippen LogP) is 4.90. The fraction of sp³-hybridized carbons (Fsp3) is 0.562. The highest BCUT2D eigenvalue weighted by atomic mass is 35.5. The summed E-state index contributed by atoms with van der Waals surface area (Å²) in [6, 6.07) is 4.24. The van der Waals surface area contributed by atoms with E-state index in [-0.39, 0.29) is 39.5 Å². The Kier molecular flexibility index (Phi) is 8.94. The number of carbonyl (C=O) groups excluding carboxylic acids is 1. The van der Waals surface area contributed by atoms with Gasteiger partial charge in [0.15, 0.2) is 5.82 Å². The number of amides is 1. The summed E-state index contributed by atoms with van der Waals surface area (Å²) in [6.07, 6.45) is 7.49. The lowest BCUT2D eigenvalue weighted by atomic mass is 9.86. The number of aryl methyl sites for hydroxylation is 2. The van der Waals surface area contributed by atoms with Crippen LogP contribution >= 0.6 is 11.6 Å². The van der Waals surface area contributed by atoms with Gasteiger partial charge in [0.2, 0.25) is 26.7 Å². The molecule has 1 aliphatic heterocycles. The van der Waals surface area contributed by atoms with Crippen LogP contribution in [-0.2, 0) is 21.7 Å². The Balaban J connectivity index is 1.25. The first-order valence-electron chi connectivity index (χ1n) is 15.9. The molecule has 0 spiro atoms. The minimum Gasteiger partial charge on any atom is -0.488 e. The van der Waals surface area contributed by atoms with E-state index in [4.69, 9.17) is 16.3 Å². The Morgan fingerprint density at radius 2 is 1.80 bits per heavy atom. The van der Waals surface area contributed by atoms with Crippen molar-refractivity contribution in [3.8, 4) is 5.75 Å². The maximum Gasteiger partial charge on any atom is 0.236 e. The lowest BCUT2D eigenvalue weighted by Gasteiger charge is -2.34. The molecule has 1 saturated heterocycles. The molecular formula is C32H43ClN8O4S. The standard InChI is InChI=1S/C32H43ClN8O4S/c1-18(2)46(43,44)31-26(16-40(6)38-31)35-30-24(33)15-34-32(37-30)36-25-13-19(3)23(14-27(25)45-29-21-7-8-22(21)29)20-9-11-41(12-10-20)28(42)17-39(4)5/h13-16,18,20-22,29H,7-12,17H2,1-6H3,(H2,34,35,36,37). The van der Waals surface area contributed by atoms with Crippen LogP contribution in [0.3, 0.4) is 0 Å². The van der Waals surface area contributed by atoms with Gasteiger partial charge in [-0.1, -0.05) is 11.6 Å². The lowest BCUT2D eigenvalue weighted by Crippen LogP contribution is -2.42. The molecule has 2 N–H and O–H groups in total. The average molecular weight is 671 g/mol. The maximum absolute atomic E-state index is 13.0. The summed E-state index contributed by atoms with van der Waals surface area (Å²) >= 11 is 6.48. The maximum atomic E-state index is 13.0. The van der Waals surface area contributed by atoms with Crippen molar-refractivity contribution in [1.29, 1.82) is 0 Å². The van der Waals surface area contributed by atoms with E-state index in [1.165, 1.54) is 29.3 Å². The van der Waals surface area contributed by atoms with Gasteiger partial charge in [-0.25, -0.2) is 13.4 Å². The van der Waals surface area contributed by atoms with Crippen LogP contribution < -0.4 is 15.4 Å². The molecule has 1 amide bonds. The van der Waals surface area contributed by atoms with Gasteiger partial charge in [-0.2, -0.15) is 10.1 Å². The number of carbonyl (C=O) groups is 1. The van der Waals surface area contributed by atoms with E-state index < -0.39 is 15.1 Å². The first kappa shape index (κ1) is 32.5.